The van der Waals surface area contributed by atoms with E-state index in [1.807, 2.05) is 13.8 Å². The number of likely N-dealkylation sites (tertiary alicyclic amines) is 1. The van der Waals surface area contributed by atoms with Gasteiger partial charge in [0.1, 0.15) is 0 Å². The quantitative estimate of drug-likeness (QED) is 0.922. The molecule has 20 heavy (non-hydrogen) atoms. The summed E-state index contributed by atoms with van der Waals surface area (Å²) in [5, 5.41) is 2.28. The molecule has 1 heterocycles. The van der Waals surface area contributed by atoms with Crippen molar-refractivity contribution in [1.29, 1.82) is 0 Å². The topological polar surface area (TPSA) is 66.5 Å². The highest BCUT2D eigenvalue weighted by Gasteiger charge is 2.36. The first-order valence-electron chi connectivity index (χ1n) is 6.75. The molecule has 1 aromatic carbocycles. The summed E-state index contributed by atoms with van der Waals surface area (Å²) in [6, 6.07) is 8.28. The Labute approximate surface area is 119 Å². The first kappa shape index (κ1) is 14.8. The molecule has 0 spiro atoms. The maximum atomic E-state index is 12.5. The summed E-state index contributed by atoms with van der Waals surface area (Å²) in [5.74, 6) is 0. The van der Waals surface area contributed by atoms with Crippen LogP contribution in [0.15, 0.2) is 35.2 Å². The van der Waals surface area contributed by atoms with E-state index in [2.05, 4.69) is 5.32 Å². The highest BCUT2D eigenvalue weighted by molar-refractivity contribution is 7.92. The zero-order valence-electron chi connectivity index (χ0n) is 11.7. The molecule has 2 rings (SSSR count). The second-order valence-electron chi connectivity index (χ2n) is 5.32. The molecule has 0 aromatic heterocycles. The number of benzene rings is 1. The largest absolute Gasteiger partial charge is 0.336 e. The Morgan fingerprint density at radius 1 is 1.30 bits per heavy atom. The minimum Gasteiger partial charge on any atom is -0.336 e. The number of nitrogens with one attached hydrogen (secondary N) is 1. The molecule has 1 atom stereocenters. The molecule has 1 fully saturated rings. The zero-order chi connectivity index (χ0) is 14.8. The van der Waals surface area contributed by atoms with E-state index in [0.717, 1.165) is 0 Å². The molecular weight excluding hydrogens is 276 g/mol. The molecule has 1 aliphatic rings. The number of carbonyl (C=O) groups is 1. The van der Waals surface area contributed by atoms with Gasteiger partial charge >= 0.3 is 6.03 Å². The lowest BCUT2D eigenvalue weighted by Gasteiger charge is -2.19. The summed E-state index contributed by atoms with van der Waals surface area (Å²) < 4.78 is 24.9. The van der Waals surface area contributed by atoms with Crippen LogP contribution >= 0.6 is 0 Å². The number of rotatable bonds is 3. The highest BCUT2D eigenvalue weighted by atomic mass is 32.2. The lowest BCUT2D eigenvalue weighted by Crippen LogP contribution is -2.42. The summed E-state index contributed by atoms with van der Waals surface area (Å²) in [5.41, 5.74) is 0. The number of nitrogens with zero attached hydrogens (tertiary/aromatic N) is 1. The van der Waals surface area contributed by atoms with E-state index in [9.17, 15) is 13.2 Å². The third-order valence-electron chi connectivity index (χ3n) is 3.35. The third-order valence-corrected chi connectivity index (χ3v) is 5.55. The number of amides is 2. The number of urea groups is 1. The van der Waals surface area contributed by atoms with Crippen molar-refractivity contribution in [2.45, 2.75) is 36.5 Å². The first-order chi connectivity index (χ1) is 9.41. The van der Waals surface area contributed by atoms with Crippen molar-refractivity contribution in [3.8, 4) is 0 Å². The van der Waals surface area contributed by atoms with E-state index >= 15 is 0 Å². The van der Waals surface area contributed by atoms with Gasteiger partial charge < -0.3 is 10.2 Å². The van der Waals surface area contributed by atoms with E-state index in [4.69, 9.17) is 0 Å². The predicted molar refractivity (Wildman–Crippen MR) is 77.3 cm³/mol. The van der Waals surface area contributed by atoms with Crippen molar-refractivity contribution < 1.29 is 13.2 Å². The Morgan fingerprint density at radius 2 is 1.95 bits per heavy atom. The highest BCUT2D eigenvalue weighted by Crippen LogP contribution is 2.23. The molecule has 0 aliphatic carbocycles. The number of hydrogen-bond donors (Lipinski definition) is 1. The Bertz CT molecular complexity index is 569. The molecule has 1 aliphatic heterocycles. The monoisotopic (exact) mass is 296 g/mol. The van der Waals surface area contributed by atoms with E-state index in [-0.39, 0.29) is 18.6 Å². The maximum absolute atomic E-state index is 12.5. The van der Waals surface area contributed by atoms with Crippen molar-refractivity contribution in [1.82, 2.24) is 10.2 Å². The summed E-state index contributed by atoms with van der Waals surface area (Å²) in [4.78, 5) is 13.8. The molecule has 1 aromatic rings. The average molecular weight is 296 g/mol. The summed E-state index contributed by atoms with van der Waals surface area (Å²) in [7, 11) is -3.36. The molecule has 0 saturated carbocycles. The average Bonchev–Trinajstić information content (AvgIpc) is 2.89. The van der Waals surface area contributed by atoms with Crippen LogP contribution in [0.4, 0.5) is 4.79 Å². The number of hydrogen-bond acceptors (Lipinski definition) is 3. The minimum atomic E-state index is -3.36. The van der Waals surface area contributed by atoms with E-state index in [1.165, 1.54) is 0 Å². The third kappa shape index (κ3) is 3.12. The minimum absolute atomic E-state index is 0.0484. The van der Waals surface area contributed by atoms with Crippen molar-refractivity contribution in [2.24, 2.45) is 0 Å². The van der Waals surface area contributed by atoms with Gasteiger partial charge in [0, 0.05) is 19.1 Å². The van der Waals surface area contributed by atoms with Gasteiger partial charge in [-0.1, -0.05) is 18.2 Å². The van der Waals surface area contributed by atoms with E-state index in [0.29, 0.717) is 17.9 Å². The molecule has 0 bridgehead atoms. The van der Waals surface area contributed by atoms with Crippen molar-refractivity contribution in [3.63, 3.8) is 0 Å². The smallest absolute Gasteiger partial charge is 0.317 e. The summed E-state index contributed by atoms with van der Waals surface area (Å²) >= 11 is 0. The number of sulfone groups is 1. The van der Waals surface area contributed by atoms with Gasteiger partial charge in [-0.15, -0.1) is 0 Å². The summed E-state index contributed by atoms with van der Waals surface area (Å²) in [6.45, 7) is 4.50. The standard InChI is InChI=1S/C14H20N2O3S/c1-11(2)15-14(17)16-9-8-13(10-16)20(18,19)12-6-4-3-5-7-12/h3-7,11,13H,8-10H2,1-2H3,(H,15,17). The molecule has 6 heteroatoms. The molecule has 1 saturated heterocycles. The van der Waals surface area contributed by atoms with E-state index < -0.39 is 15.1 Å². The van der Waals surface area contributed by atoms with Gasteiger partial charge in [-0.25, -0.2) is 13.2 Å². The molecular formula is C14H20N2O3S. The van der Waals surface area contributed by atoms with Gasteiger partial charge in [0.15, 0.2) is 9.84 Å². The zero-order valence-corrected chi connectivity index (χ0v) is 12.6. The van der Waals surface area contributed by atoms with Crippen molar-refractivity contribution in [3.05, 3.63) is 30.3 Å². The fourth-order valence-electron chi connectivity index (χ4n) is 2.31. The van der Waals surface area contributed by atoms with Crippen LogP contribution in [0.2, 0.25) is 0 Å². The maximum Gasteiger partial charge on any atom is 0.317 e. The fraction of sp³-hybridized carbons (Fsp3) is 0.500. The molecule has 5 nitrogen and oxygen atoms in total. The van der Waals surface area contributed by atoms with Crippen LogP contribution in [0.25, 0.3) is 0 Å². The van der Waals surface area contributed by atoms with Crippen molar-refractivity contribution >= 4 is 15.9 Å². The number of carbonyl (C=O) groups excluding carboxylic acids is 1. The van der Waals surface area contributed by atoms with Gasteiger partial charge in [0.25, 0.3) is 0 Å². The van der Waals surface area contributed by atoms with Crippen molar-refractivity contribution in [2.75, 3.05) is 13.1 Å². The Hall–Kier alpha value is -1.56. The summed E-state index contributed by atoms with van der Waals surface area (Å²) in [6.07, 6.45) is 0.489. The van der Waals surface area contributed by atoms with Gasteiger partial charge in [-0.2, -0.15) is 0 Å². The first-order valence-corrected chi connectivity index (χ1v) is 8.30. The molecule has 110 valence electrons. The normalized spacial score (nSPS) is 19.4. The van der Waals surface area contributed by atoms with Gasteiger partial charge in [0.2, 0.25) is 0 Å². The van der Waals surface area contributed by atoms with Gasteiger partial charge in [-0.05, 0) is 32.4 Å². The van der Waals surface area contributed by atoms with Crippen LogP contribution in [0.1, 0.15) is 20.3 Å². The van der Waals surface area contributed by atoms with Gasteiger partial charge in [-0.3, -0.25) is 0 Å². The fourth-order valence-corrected chi connectivity index (χ4v) is 4.02. The molecule has 2 amide bonds. The van der Waals surface area contributed by atoms with Crippen LogP contribution in [-0.4, -0.2) is 43.7 Å². The SMILES string of the molecule is CC(C)NC(=O)N1CCC(S(=O)(=O)c2ccccc2)C1. The molecule has 1 N–H and O–H groups in total. The Kier molecular flexibility index (Phi) is 4.32. The molecule has 1 unspecified atom stereocenters. The van der Waals surface area contributed by atoms with Gasteiger partial charge in [0.05, 0.1) is 10.1 Å². The second-order valence-corrected chi connectivity index (χ2v) is 7.55. The van der Waals surface area contributed by atoms with E-state index in [1.54, 1.807) is 35.2 Å². The lowest BCUT2D eigenvalue weighted by atomic mass is 10.4. The van der Waals surface area contributed by atoms with Crippen LogP contribution in [-0.2, 0) is 9.84 Å². The Morgan fingerprint density at radius 3 is 2.55 bits per heavy atom. The molecule has 0 radical (unpaired) electrons. The van der Waals surface area contributed by atoms with Crippen LogP contribution in [0, 0.1) is 0 Å². The Balaban J connectivity index is 2.08. The van der Waals surface area contributed by atoms with Crippen LogP contribution in [0.5, 0.6) is 0 Å². The second kappa shape index (κ2) is 5.83. The predicted octanol–water partition coefficient (Wildman–Crippen LogP) is 1.65. The lowest BCUT2D eigenvalue weighted by molar-refractivity contribution is 0.206. The van der Waals surface area contributed by atoms with Crippen LogP contribution in [0.3, 0.4) is 0 Å². The van der Waals surface area contributed by atoms with Crippen LogP contribution < -0.4 is 5.32 Å².